The molecule has 184 valence electrons. The molecule has 0 amide bonds. The average molecular weight is 465 g/mol. The van der Waals surface area contributed by atoms with Crippen molar-refractivity contribution in [3.05, 3.63) is 12.2 Å². The van der Waals surface area contributed by atoms with Gasteiger partial charge in [-0.1, -0.05) is 60.5 Å². The lowest BCUT2D eigenvalue weighted by Gasteiger charge is -2.43. The highest BCUT2D eigenvalue weighted by Gasteiger charge is 2.58. The van der Waals surface area contributed by atoms with Crippen LogP contribution in [0.3, 0.4) is 0 Å². The fourth-order valence-corrected chi connectivity index (χ4v) is 6.74. The molecule has 3 aliphatic rings. The van der Waals surface area contributed by atoms with Gasteiger partial charge >= 0.3 is 0 Å². The zero-order valence-electron chi connectivity index (χ0n) is 22.0. The third kappa shape index (κ3) is 5.95. The third-order valence-corrected chi connectivity index (χ3v) is 12.9. The van der Waals surface area contributed by atoms with E-state index in [1.54, 1.807) is 0 Å². The van der Waals surface area contributed by atoms with Crippen LogP contribution in [0.4, 0.5) is 0 Å². The lowest BCUT2D eigenvalue weighted by molar-refractivity contribution is -0.298. The standard InChI is InChI=1S/C27H48O4Si/c1-9-10-11-12-21(28)13-14-22-23-17-27(29-18-26(5,6)19-30-27)16-20(23)15-24(22)31-32(7,8)25(2,3)4/h13-14,20,22-24H,9-12,15-19H2,1-8H3/t20-,22+,23+,24-/m1/s1. The fourth-order valence-electron chi connectivity index (χ4n) is 5.37. The zero-order valence-corrected chi connectivity index (χ0v) is 23.0. The van der Waals surface area contributed by atoms with E-state index in [1.807, 2.05) is 6.08 Å². The number of ether oxygens (including phenoxy) is 2. The Kier molecular flexibility index (Phi) is 7.86. The lowest BCUT2D eigenvalue weighted by Crippen LogP contribution is -2.47. The Bertz CT molecular complexity index is 680. The minimum atomic E-state index is -1.89. The van der Waals surface area contributed by atoms with Crippen molar-refractivity contribution < 1.29 is 18.7 Å². The van der Waals surface area contributed by atoms with Crippen LogP contribution in [0.15, 0.2) is 12.2 Å². The molecule has 4 atom stereocenters. The van der Waals surface area contributed by atoms with Gasteiger partial charge in [0.25, 0.3) is 0 Å². The van der Waals surface area contributed by atoms with Crippen molar-refractivity contribution in [3.8, 4) is 0 Å². The summed E-state index contributed by atoms with van der Waals surface area (Å²) in [6, 6.07) is 0. The van der Waals surface area contributed by atoms with Gasteiger partial charge in [0.05, 0.1) is 19.3 Å². The number of carbonyl (C=O) groups is 1. The van der Waals surface area contributed by atoms with E-state index in [0.717, 1.165) is 51.7 Å². The maximum absolute atomic E-state index is 12.5. The first kappa shape index (κ1) is 26.1. The first-order valence-corrected chi connectivity index (χ1v) is 15.9. The Morgan fingerprint density at radius 1 is 1.12 bits per heavy atom. The van der Waals surface area contributed by atoms with Gasteiger partial charge in [0.1, 0.15) is 0 Å². The minimum Gasteiger partial charge on any atom is -0.413 e. The number of hydrogen-bond donors (Lipinski definition) is 0. The molecule has 0 bridgehead atoms. The second kappa shape index (κ2) is 9.63. The highest BCUT2D eigenvalue weighted by atomic mass is 28.4. The Labute approximate surface area is 198 Å². The van der Waals surface area contributed by atoms with Crippen molar-refractivity contribution in [1.82, 2.24) is 0 Å². The molecule has 3 fully saturated rings. The smallest absolute Gasteiger partial charge is 0.192 e. The summed E-state index contributed by atoms with van der Waals surface area (Å²) >= 11 is 0. The highest BCUT2D eigenvalue weighted by Crippen LogP contribution is 2.57. The van der Waals surface area contributed by atoms with Gasteiger partial charge in [-0.15, -0.1) is 0 Å². The maximum atomic E-state index is 12.5. The summed E-state index contributed by atoms with van der Waals surface area (Å²) in [6.07, 6.45) is 11.1. The van der Waals surface area contributed by atoms with Gasteiger partial charge in [-0.3, -0.25) is 4.79 Å². The van der Waals surface area contributed by atoms with Gasteiger partial charge in [-0.25, -0.2) is 0 Å². The van der Waals surface area contributed by atoms with Crippen LogP contribution in [0, 0.1) is 23.2 Å². The van der Waals surface area contributed by atoms with Gasteiger partial charge in [0.15, 0.2) is 19.9 Å². The van der Waals surface area contributed by atoms with Crippen molar-refractivity contribution in [2.24, 2.45) is 23.2 Å². The molecule has 32 heavy (non-hydrogen) atoms. The summed E-state index contributed by atoms with van der Waals surface area (Å²) in [6.45, 7) is 19.7. The highest BCUT2D eigenvalue weighted by molar-refractivity contribution is 6.74. The molecule has 1 heterocycles. The average Bonchev–Trinajstić information content (AvgIpc) is 3.16. The van der Waals surface area contributed by atoms with Crippen LogP contribution >= 0.6 is 0 Å². The molecule has 0 radical (unpaired) electrons. The van der Waals surface area contributed by atoms with Gasteiger partial charge < -0.3 is 13.9 Å². The van der Waals surface area contributed by atoms with E-state index in [2.05, 4.69) is 60.7 Å². The summed E-state index contributed by atoms with van der Waals surface area (Å²) in [4.78, 5) is 12.5. The van der Waals surface area contributed by atoms with Crippen molar-refractivity contribution in [1.29, 1.82) is 0 Å². The fraction of sp³-hybridized carbons (Fsp3) is 0.889. The topological polar surface area (TPSA) is 44.8 Å². The molecule has 4 nitrogen and oxygen atoms in total. The first-order valence-electron chi connectivity index (χ1n) is 12.9. The van der Waals surface area contributed by atoms with E-state index in [0.29, 0.717) is 18.3 Å². The number of fused-ring (bicyclic) bond motifs is 1. The molecule has 0 unspecified atom stereocenters. The number of unbranched alkanes of at least 4 members (excludes halogenated alkanes) is 2. The lowest BCUT2D eigenvalue weighted by atomic mass is 9.90. The van der Waals surface area contributed by atoms with E-state index >= 15 is 0 Å². The third-order valence-electron chi connectivity index (χ3n) is 8.42. The van der Waals surface area contributed by atoms with Crippen molar-refractivity contribution >= 4 is 14.1 Å². The van der Waals surface area contributed by atoms with Gasteiger partial charge in [-0.2, -0.15) is 0 Å². The molecule has 0 aromatic heterocycles. The quantitative estimate of drug-likeness (QED) is 0.223. The van der Waals surface area contributed by atoms with E-state index in [9.17, 15) is 4.79 Å². The molecular weight excluding hydrogens is 416 g/mol. The van der Waals surface area contributed by atoms with Gasteiger partial charge in [0.2, 0.25) is 0 Å². The molecule has 2 saturated carbocycles. The molecule has 1 aliphatic heterocycles. The van der Waals surface area contributed by atoms with Crippen LogP contribution in [0.1, 0.15) is 86.5 Å². The molecule has 5 heteroatoms. The summed E-state index contributed by atoms with van der Waals surface area (Å²) in [5.41, 5.74) is 0.0845. The summed E-state index contributed by atoms with van der Waals surface area (Å²) < 4.78 is 19.7. The molecule has 3 rings (SSSR count). The van der Waals surface area contributed by atoms with E-state index in [-0.39, 0.29) is 28.3 Å². The van der Waals surface area contributed by atoms with Gasteiger partial charge in [-0.05, 0) is 48.9 Å². The maximum Gasteiger partial charge on any atom is 0.192 e. The second-order valence-corrected chi connectivity index (χ2v) is 17.8. The van der Waals surface area contributed by atoms with Crippen LogP contribution in [0.2, 0.25) is 18.1 Å². The monoisotopic (exact) mass is 464 g/mol. The van der Waals surface area contributed by atoms with Gasteiger partial charge in [0, 0.05) is 30.6 Å². The Hall–Kier alpha value is -0.493. The van der Waals surface area contributed by atoms with Crippen LogP contribution < -0.4 is 0 Å². The molecular formula is C27H48O4Si. The SMILES string of the molecule is CCCCCC(=O)C=C[C@H]1[C@H]2CC3(C[C@H]2C[C@H]1O[Si](C)(C)C(C)(C)C)OCC(C)(C)CO3. The molecule has 1 saturated heterocycles. The molecule has 0 aromatic rings. The van der Waals surface area contributed by atoms with Crippen molar-refractivity contribution in [3.63, 3.8) is 0 Å². The predicted molar refractivity (Wildman–Crippen MR) is 133 cm³/mol. The molecule has 0 N–H and O–H groups in total. The van der Waals surface area contributed by atoms with Crippen molar-refractivity contribution in [2.45, 2.75) is 117 Å². The van der Waals surface area contributed by atoms with E-state index < -0.39 is 14.1 Å². The summed E-state index contributed by atoms with van der Waals surface area (Å²) in [5.74, 6) is 1.10. The second-order valence-electron chi connectivity index (χ2n) is 13.0. The predicted octanol–water partition coefficient (Wildman–Crippen LogP) is 6.90. The molecule has 2 aliphatic carbocycles. The Balaban J connectivity index is 1.74. The number of ketones is 1. The summed E-state index contributed by atoms with van der Waals surface area (Å²) in [7, 11) is -1.89. The van der Waals surface area contributed by atoms with Crippen LogP contribution in [0.5, 0.6) is 0 Å². The Morgan fingerprint density at radius 2 is 1.78 bits per heavy atom. The van der Waals surface area contributed by atoms with E-state index in [4.69, 9.17) is 13.9 Å². The van der Waals surface area contributed by atoms with Crippen LogP contribution in [0.25, 0.3) is 0 Å². The number of hydrogen-bond acceptors (Lipinski definition) is 4. The molecule has 1 spiro atoms. The minimum absolute atomic E-state index is 0.0845. The number of allylic oxidation sites excluding steroid dienone is 1. The largest absolute Gasteiger partial charge is 0.413 e. The zero-order chi connectivity index (χ0) is 23.8. The van der Waals surface area contributed by atoms with E-state index in [1.165, 1.54) is 0 Å². The Morgan fingerprint density at radius 3 is 2.38 bits per heavy atom. The first-order chi connectivity index (χ1) is 14.8. The van der Waals surface area contributed by atoms with Crippen molar-refractivity contribution in [2.75, 3.05) is 13.2 Å². The summed E-state index contributed by atoms with van der Waals surface area (Å²) in [5, 5.41) is 0.178. The normalized spacial score (nSPS) is 32.0. The van der Waals surface area contributed by atoms with Crippen LogP contribution in [-0.4, -0.2) is 39.2 Å². The number of carbonyl (C=O) groups excluding carboxylic acids is 1. The molecule has 0 aromatic carbocycles. The number of rotatable bonds is 8. The van der Waals surface area contributed by atoms with Crippen LogP contribution in [-0.2, 0) is 18.7 Å².